The largest absolute Gasteiger partial charge is 0.497 e. The molecule has 0 heterocycles. The van der Waals surface area contributed by atoms with Crippen LogP contribution in [0.5, 0.6) is 5.75 Å². The van der Waals surface area contributed by atoms with Crippen molar-refractivity contribution >= 4 is 17.7 Å². The van der Waals surface area contributed by atoms with Gasteiger partial charge in [0.15, 0.2) is 0 Å². The molecule has 94 valence electrons. The van der Waals surface area contributed by atoms with Crippen molar-refractivity contribution in [2.75, 3.05) is 13.7 Å². The molecule has 0 radical (unpaired) electrons. The maximum absolute atomic E-state index is 11.7. The van der Waals surface area contributed by atoms with Crippen LogP contribution in [0.1, 0.15) is 20.3 Å². The summed E-state index contributed by atoms with van der Waals surface area (Å²) in [6, 6.07) is 7.69. The second kappa shape index (κ2) is 7.22. The fourth-order valence-electron chi connectivity index (χ4n) is 1.37. The third-order valence-electron chi connectivity index (χ3n) is 2.24. The van der Waals surface area contributed by atoms with Crippen molar-refractivity contribution in [1.82, 2.24) is 0 Å². The molecular weight excluding hydrogens is 236 g/mol. The molecule has 4 heteroatoms. The van der Waals surface area contributed by atoms with Crippen molar-refractivity contribution in [2.24, 2.45) is 0 Å². The third-order valence-corrected chi connectivity index (χ3v) is 3.58. The normalized spacial score (nSPS) is 11.9. The van der Waals surface area contributed by atoms with Crippen LogP contribution in [-0.2, 0) is 9.53 Å². The Morgan fingerprint density at radius 1 is 1.41 bits per heavy atom. The number of carbonyl (C=O) groups is 1. The van der Waals surface area contributed by atoms with E-state index in [4.69, 9.17) is 9.47 Å². The average Bonchev–Trinajstić information content (AvgIpc) is 2.36. The fraction of sp³-hybridized carbons (Fsp3) is 0.462. The van der Waals surface area contributed by atoms with Crippen molar-refractivity contribution in [3.05, 3.63) is 24.3 Å². The minimum atomic E-state index is -0.151. The van der Waals surface area contributed by atoms with E-state index in [-0.39, 0.29) is 11.2 Å². The molecule has 3 nitrogen and oxygen atoms in total. The zero-order chi connectivity index (χ0) is 12.7. The molecule has 17 heavy (non-hydrogen) atoms. The van der Waals surface area contributed by atoms with Gasteiger partial charge in [0.1, 0.15) is 11.0 Å². The minimum Gasteiger partial charge on any atom is -0.497 e. The maximum atomic E-state index is 11.7. The molecule has 0 N–H and O–H groups in total. The van der Waals surface area contributed by atoms with Gasteiger partial charge in [0.25, 0.3) is 0 Å². The Morgan fingerprint density at radius 2 is 2.18 bits per heavy atom. The van der Waals surface area contributed by atoms with E-state index >= 15 is 0 Å². The van der Waals surface area contributed by atoms with E-state index in [0.717, 1.165) is 17.1 Å². The first-order chi connectivity index (χ1) is 8.21. The van der Waals surface area contributed by atoms with Gasteiger partial charge in [0.2, 0.25) is 0 Å². The second-order valence-corrected chi connectivity index (χ2v) is 4.72. The number of hydrogen-bond acceptors (Lipinski definition) is 4. The summed E-state index contributed by atoms with van der Waals surface area (Å²) in [7, 11) is 1.63. The van der Waals surface area contributed by atoms with Gasteiger partial charge in [0.05, 0.1) is 13.7 Å². The molecular formula is C13H18O3S. The van der Waals surface area contributed by atoms with Gasteiger partial charge >= 0.3 is 5.97 Å². The molecule has 0 spiro atoms. The predicted molar refractivity (Wildman–Crippen MR) is 69.6 cm³/mol. The highest BCUT2D eigenvalue weighted by atomic mass is 32.2. The van der Waals surface area contributed by atoms with Crippen LogP contribution in [-0.4, -0.2) is 24.9 Å². The number of hydrogen-bond donors (Lipinski definition) is 0. The highest BCUT2D eigenvalue weighted by Gasteiger charge is 2.18. The molecule has 1 aromatic carbocycles. The molecule has 1 unspecified atom stereocenters. The summed E-state index contributed by atoms with van der Waals surface area (Å²) < 4.78 is 10.2. The molecule has 1 rings (SSSR count). The van der Waals surface area contributed by atoms with E-state index in [2.05, 4.69) is 0 Å². The van der Waals surface area contributed by atoms with Gasteiger partial charge < -0.3 is 9.47 Å². The van der Waals surface area contributed by atoms with Crippen LogP contribution in [0.2, 0.25) is 0 Å². The number of esters is 1. The number of ether oxygens (including phenoxy) is 2. The van der Waals surface area contributed by atoms with Crippen molar-refractivity contribution in [1.29, 1.82) is 0 Å². The lowest BCUT2D eigenvalue weighted by Gasteiger charge is -2.13. The molecule has 0 aromatic heterocycles. The molecule has 0 amide bonds. The first-order valence-electron chi connectivity index (χ1n) is 5.68. The SMILES string of the molecule is CCOC(=O)C(CC)Sc1cccc(OC)c1. The molecule has 0 saturated carbocycles. The fourth-order valence-corrected chi connectivity index (χ4v) is 2.37. The van der Waals surface area contributed by atoms with E-state index in [9.17, 15) is 4.79 Å². The maximum Gasteiger partial charge on any atom is 0.319 e. The lowest BCUT2D eigenvalue weighted by atomic mass is 10.3. The molecule has 0 bridgehead atoms. The summed E-state index contributed by atoms with van der Waals surface area (Å²) in [6.07, 6.45) is 0.751. The van der Waals surface area contributed by atoms with Crippen LogP contribution < -0.4 is 4.74 Å². The topological polar surface area (TPSA) is 35.5 Å². The average molecular weight is 254 g/mol. The highest BCUT2D eigenvalue weighted by molar-refractivity contribution is 8.00. The van der Waals surface area contributed by atoms with E-state index in [1.165, 1.54) is 11.8 Å². The Balaban J connectivity index is 2.69. The zero-order valence-corrected chi connectivity index (χ0v) is 11.3. The van der Waals surface area contributed by atoms with Crippen molar-refractivity contribution < 1.29 is 14.3 Å². The lowest BCUT2D eigenvalue weighted by molar-refractivity contribution is -0.142. The summed E-state index contributed by atoms with van der Waals surface area (Å²) in [4.78, 5) is 12.7. The van der Waals surface area contributed by atoms with Crippen LogP contribution in [0, 0.1) is 0 Å². The molecule has 0 aliphatic carbocycles. The van der Waals surface area contributed by atoms with Crippen LogP contribution >= 0.6 is 11.8 Å². The van der Waals surface area contributed by atoms with E-state index in [1.54, 1.807) is 7.11 Å². The molecule has 0 saturated heterocycles. The summed E-state index contributed by atoms with van der Waals surface area (Å²) in [5.41, 5.74) is 0. The summed E-state index contributed by atoms with van der Waals surface area (Å²) >= 11 is 1.51. The molecule has 0 aliphatic heterocycles. The zero-order valence-electron chi connectivity index (χ0n) is 10.4. The van der Waals surface area contributed by atoms with Crippen LogP contribution in [0.3, 0.4) is 0 Å². The Kier molecular flexibility index (Phi) is 5.91. The first-order valence-corrected chi connectivity index (χ1v) is 6.56. The van der Waals surface area contributed by atoms with Gasteiger partial charge in [-0.05, 0) is 31.5 Å². The minimum absolute atomic E-state index is 0.150. The predicted octanol–water partition coefficient (Wildman–Crippen LogP) is 3.13. The van der Waals surface area contributed by atoms with E-state index < -0.39 is 0 Å². The molecule has 1 atom stereocenters. The first kappa shape index (κ1) is 13.9. The smallest absolute Gasteiger partial charge is 0.319 e. The number of methoxy groups -OCH3 is 1. The van der Waals surface area contributed by atoms with Crippen molar-refractivity contribution in [3.63, 3.8) is 0 Å². The van der Waals surface area contributed by atoms with Crippen molar-refractivity contribution in [3.8, 4) is 5.75 Å². The Hall–Kier alpha value is -1.16. The van der Waals surface area contributed by atoms with Gasteiger partial charge in [-0.15, -0.1) is 11.8 Å². The third kappa shape index (κ3) is 4.30. The number of carbonyl (C=O) groups excluding carboxylic acids is 1. The Morgan fingerprint density at radius 3 is 2.76 bits per heavy atom. The molecule has 1 aromatic rings. The van der Waals surface area contributed by atoms with Gasteiger partial charge in [-0.3, -0.25) is 4.79 Å². The second-order valence-electron chi connectivity index (χ2n) is 3.45. The van der Waals surface area contributed by atoms with E-state index in [0.29, 0.717) is 6.61 Å². The monoisotopic (exact) mass is 254 g/mol. The molecule has 0 fully saturated rings. The van der Waals surface area contributed by atoms with Gasteiger partial charge in [0, 0.05) is 4.90 Å². The molecule has 0 aliphatic rings. The van der Waals surface area contributed by atoms with Crippen LogP contribution in [0.4, 0.5) is 0 Å². The van der Waals surface area contributed by atoms with Gasteiger partial charge in [-0.1, -0.05) is 13.0 Å². The summed E-state index contributed by atoms with van der Waals surface area (Å²) in [6.45, 7) is 4.23. The highest BCUT2D eigenvalue weighted by Crippen LogP contribution is 2.28. The van der Waals surface area contributed by atoms with Crippen LogP contribution in [0.25, 0.3) is 0 Å². The number of benzene rings is 1. The number of rotatable bonds is 6. The Bertz CT molecular complexity index is 365. The standard InChI is InChI=1S/C13H18O3S/c1-4-12(13(14)16-5-2)17-11-8-6-7-10(9-11)15-3/h6-9,12H,4-5H2,1-3H3. The van der Waals surface area contributed by atoms with Gasteiger partial charge in [-0.25, -0.2) is 0 Å². The summed E-state index contributed by atoms with van der Waals surface area (Å²) in [5.74, 6) is 0.650. The summed E-state index contributed by atoms with van der Waals surface area (Å²) in [5, 5.41) is -0.151. The quantitative estimate of drug-likeness (QED) is 0.577. The number of thioether (sulfide) groups is 1. The Labute approximate surface area is 106 Å². The van der Waals surface area contributed by atoms with E-state index in [1.807, 2.05) is 38.1 Å². The van der Waals surface area contributed by atoms with Crippen molar-refractivity contribution in [2.45, 2.75) is 30.4 Å². The van der Waals surface area contributed by atoms with Gasteiger partial charge in [-0.2, -0.15) is 0 Å². The lowest BCUT2D eigenvalue weighted by Crippen LogP contribution is -2.19. The van der Waals surface area contributed by atoms with Crippen LogP contribution in [0.15, 0.2) is 29.2 Å².